The van der Waals surface area contributed by atoms with E-state index in [2.05, 4.69) is 11.8 Å². The molecule has 0 saturated heterocycles. The molecular weight excluding hydrogens is 242 g/mol. The monoisotopic (exact) mass is 254 g/mol. The van der Waals surface area contributed by atoms with Gasteiger partial charge < -0.3 is 0 Å². The fourth-order valence-corrected chi connectivity index (χ4v) is 1.61. The molecule has 0 unspecified atom stereocenters. The highest BCUT2D eigenvalue weighted by Crippen LogP contribution is 2.18. The first-order valence-corrected chi connectivity index (χ1v) is 6.08. The van der Waals surface area contributed by atoms with Crippen molar-refractivity contribution in [2.45, 2.75) is 19.8 Å². The molecule has 0 bridgehead atoms. The first-order chi connectivity index (χ1) is 8.09. The summed E-state index contributed by atoms with van der Waals surface area (Å²) in [5, 5.41) is 0.0769. The minimum atomic E-state index is -2.44. The molecule has 0 radical (unpaired) electrons. The second-order valence-electron chi connectivity index (χ2n) is 3.31. The van der Waals surface area contributed by atoms with Crippen molar-refractivity contribution in [2.75, 3.05) is 5.75 Å². The first-order valence-electron chi connectivity index (χ1n) is 5.10. The van der Waals surface area contributed by atoms with Crippen LogP contribution in [0.3, 0.4) is 0 Å². The van der Waals surface area contributed by atoms with Gasteiger partial charge in [0.05, 0.1) is 0 Å². The maximum atomic E-state index is 12.3. The Morgan fingerprint density at radius 3 is 2.53 bits per heavy atom. The van der Waals surface area contributed by atoms with Gasteiger partial charge in [0.25, 0.3) is 6.43 Å². The van der Waals surface area contributed by atoms with Crippen LogP contribution in [0, 0.1) is 11.8 Å². The highest BCUT2D eigenvalue weighted by molar-refractivity contribution is 8.13. The summed E-state index contributed by atoms with van der Waals surface area (Å²) in [5.41, 5.74) is 0.713. The normalized spacial score (nSPS) is 9.88. The van der Waals surface area contributed by atoms with Gasteiger partial charge in [0.1, 0.15) is 0 Å². The predicted molar refractivity (Wildman–Crippen MR) is 66.0 cm³/mol. The Morgan fingerprint density at radius 2 is 2.00 bits per heavy atom. The van der Waals surface area contributed by atoms with Gasteiger partial charge in [0.2, 0.25) is 0 Å². The van der Waals surface area contributed by atoms with E-state index in [1.54, 1.807) is 12.1 Å². The molecular formula is C13H12F2OS. The van der Waals surface area contributed by atoms with Crippen LogP contribution in [-0.4, -0.2) is 10.9 Å². The van der Waals surface area contributed by atoms with Gasteiger partial charge in [0.15, 0.2) is 5.12 Å². The predicted octanol–water partition coefficient (Wildman–Crippen LogP) is 3.65. The second kappa shape index (κ2) is 7.08. The van der Waals surface area contributed by atoms with Gasteiger partial charge in [-0.1, -0.05) is 35.7 Å². The van der Waals surface area contributed by atoms with Crippen molar-refractivity contribution in [2.24, 2.45) is 0 Å². The SMILES string of the molecule is CC(=O)SCCC#Cc1ccc(C(F)F)cc1. The first kappa shape index (κ1) is 13.7. The van der Waals surface area contributed by atoms with Gasteiger partial charge >= 0.3 is 0 Å². The number of benzene rings is 1. The molecule has 4 heteroatoms. The zero-order valence-corrected chi connectivity index (χ0v) is 10.2. The third-order valence-corrected chi connectivity index (χ3v) is 2.74. The average Bonchev–Trinajstić information content (AvgIpc) is 2.29. The average molecular weight is 254 g/mol. The van der Waals surface area contributed by atoms with E-state index < -0.39 is 6.43 Å². The zero-order chi connectivity index (χ0) is 12.7. The minimum absolute atomic E-state index is 0.00249. The van der Waals surface area contributed by atoms with E-state index >= 15 is 0 Å². The molecule has 0 heterocycles. The fraction of sp³-hybridized carbons (Fsp3) is 0.308. The molecule has 1 rings (SSSR count). The minimum Gasteiger partial charge on any atom is -0.288 e. The Kier molecular flexibility index (Phi) is 5.71. The molecule has 0 aliphatic rings. The molecule has 1 aromatic carbocycles. The molecule has 0 N–H and O–H groups in total. The van der Waals surface area contributed by atoms with Gasteiger partial charge in [-0.3, -0.25) is 4.79 Å². The van der Waals surface area contributed by atoms with Crippen LogP contribution >= 0.6 is 11.8 Å². The summed E-state index contributed by atoms with van der Waals surface area (Å²) < 4.78 is 24.5. The molecule has 1 nitrogen and oxygen atoms in total. The third-order valence-electron chi connectivity index (χ3n) is 1.93. The lowest BCUT2D eigenvalue weighted by Crippen LogP contribution is -1.85. The maximum Gasteiger partial charge on any atom is 0.263 e. The fourth-order valence-electron chi connectivity index (χ4n) is 1.12. The van der Waals surface area contributed by atoms with Crippen molar-refractivity contribution < 1.29 is 13.6 Å². The summed E-state index contributed by atoms with van der Waals surface area (Å²) in [6.45, 7) is 1.52. The molecule has 17 heavy (non-hydrogen) atoms. The number of halogens is 2. The van der Waals surface area contributed by atoms with E-state index in [-0.39, 0.29) is 10.7 Å². The molecule has 0 aliphatic carbocycles. The van der Waals surface area contributed by atoms with E-state index in [4.69, 9.17) is 0 Å². The van der Waals surface area contributed by atoms with Crippen molar-refractivity contribution >= 4 is 16.9 Å². The van der Waals surface area contributed by atoms with Crippen LogP contribution < -0.4 is 0 Å². The van der Waals surface area contributed by atoms with Crippen LogP contribution in [0.5, 0.6) is 0 Å². The summed E-state index contributed by atoms with van der Waals surface area (Å²) in [6.07, 6.45) is -1.83. The lowest BCUT2D eigenvalue weighted by molar-refractivity contribution is -0.109. The van der Waals surface area contributed by atoms with Crippen LogP contribution in [0.15, 0.2) is 24.3 Å². The second-order valence-corrected chi connectivity index (χ2v) is 4.59. The van der Waals surface area contributed by atoms with E-state index in [1.165, 1.54) is 30.8 Å². The van der Waals surface area contributed by atoms with Crippen molar-refractivity contribution in [1.82, 2.24) is 0 Å². The van der Waals surface area contributed by atoms with Crippen molar-refractivity contribution in [3.05, 3.63) is 35.4 Å². The van der Waals surface area contributed by atoms with Gasteiger partial charge in [-0.15, -0.1) is 0 Å². The standard InChI is InChI=1S/C13H12F2OS/c1-10(16)17-9-3-2-4-11-5-7-12(8-6-11)13(14)15/h5-8,13H,3,9H2,1H3. The molecule has 0 saturated carbocycles. The Balaban J connectivity index is 2.46. The number of alkyl halides is 2. The highest BCUT2D eigenvalue weighted by Gasteiger charge is 2.04. The van der Waals surface area contributed by atoms with Gasteiger partial charge in [-0.05, 0) is 12.1 Å². The number of thioether (sulfide) groups is 1. The van der Waals surface area contributed by atoms with Crippen LogP contribution in [0.1, 0.15) is 30.9 Å². The third kappa shape index (κ3) is 5.50. The van der Waals surface area contributed by atoms with Gasteiger partial charge in [-0.25, -0.2) is 8.78 Å². The largest absolute Gasteiger partial charge is 0.288 e. The number of carbonyl (C=O) groups excluding carboxylic acids is 1. The van der Waals surface area contributed by atoms with Crippen molar-refractivity contribution in [1.29, 1.82) is 0 Å². The summed E-state index contributed by atoms with van der Waals surface area (Å²) in [7, 11) is 0. The van der Waals surface area contributed by atoms with E-state index in [0.717, 1.165) is 0 Å². The molecule has 1 aromatic rings. The number of rotatable bonds is 3. The van der Waals surface area contributed by atoms with Gasteiger partial charge in [0, 0.05) is 30.2 Å². The molecule has 0 aromatic heterocycles. The number of hydrogen-bond donors (Lipinski definition) is 0. The van der Waals surface area contributed by atoms with Crippen molar-refractivity contribution in [3.8, 4) is 11.8 Å². The summed E-state index contributed by atoms with van der Waals surface area (Å²) in [4.78, 5) is 10.6. The molecule has 0 atom stereocenters. The van der Waals surface area contributed by atoms with Crippen LogP contribution in [-0.2, 0) is 4.79 Å². The molecule has 0 spiro atoms. The number of hydrogen-bond acceptors (Lipinski definition) is 2. The molecule has 0 amide bonds. The summed E-state index contributed by atoms with van der Waals surface area (Å²) in [6, 6.07) is 5.90. The van der Waals surface area contributed by atoms with E-state index in [1.807, 2.05) is 0 Å². The molecule has 0 aliphatic heterocycles. The maximum absolute atomic E-state index is 12.3. The topological polar surface area (TPSA) is 17.1 Å². The lowest BCUT2D eigenvalue weighted by Gasteiger charge is -1.97. The number of carbonyl (C=O) groups is 1. The molecule has 90 valence electrons. The summed E-state index contributed by atoms with van der Waals surface area (Å²) in [5.74, 6) is 6.42. The van der Waals surface area contributed by atoms with Gasteiger partial charge in [-0.2, -0.15) is 0 Å². The van der Waals surface area contributed by atoms with E-state index in [0.29, 0.717) is 17.7 Å². The smallest absolute Gasteiger partial charge is 0.263 e. The molecule has 0 fully saturated rings. The quantitative estimate of drug-likeness (QED) is 0.605. The lowest BCUT2D eigenvalue weighted by atomic mass is 10.1. The van der Waals surface area contributed by atoms with Crippen LogP contribution in [0.4, 0.5) is 8.78 Å². The van der Waals surface area contributed by atoms with Crippen LogP contribution in [0.2, 0.25) is 0 Å². The van der Waals surface area contributed by atoms with E-state index in [9.17, 15) is 13.6 Å². The Morgan fingerprint density at radius 1 is 1.35 bits per heavy atom. The Bertz CT molecular complexity index is 429. The van der Waals surface area contributed by atoms with Crippen molar-refractivity contribution in [3.63, 3.8) is 0 Å². The highest BCUT2D eigenvalue weighted by atomic mass is 32.2. The Hall–Kier alpha value is -1.34. The Labute approximate surface area is 104 Å². The summed E-state index contributed by atoms with van der Waals surface area (Å²) >= 11 is 1.23. The van der Waals surface area contributed by atoms with Crippen LogP contribution in [0.25, 0.3) is 0 Å². The zero-order valence-electron chi connectivity index (χ0n) is 9.37.